The number of para-hydroxylation sites is 1. The van der Waals surface area contributed by atoms with Crippen LogP contribution in [0.3, 0.4) is 0 Å². The first-order chi connectivity index (χ1) is 14.2. The van der Waals surface area contributed by atoms with E-state index in [1.807, 2.05) is 48.5 Å². The predicted octanol–water partition coefficient (Wildman–Crippen LogP) is 3.68. The van der Waals surface area contributed by atoms with Crippen LogP contribution in [0.25, 0.3) is 0 Å². The molecule has 1 amide bonds. The van der Waals surface area contributed by atoms with Crippen molar-refractivity contribution in [3.8, 4) is 11.5 Å². The number of nitrogens with one attached hydrogen (secondary N) is 2. The maximum atomic E-state index is 12.3. The number of hydrogen-bond acceptors (Lipinski definition) is 5. The van der Waals surface area contributed by atoms with E-state index in [0.717, 1.165) is 41.3 Å². The van der Waals surface area contributed by atoms with Crippen molar-refractivity contribution in [1.82, 2.24) is 10.3 Å². The number of carbonyl (C=O) groups is 1. The van der Waals surface area contributed by atoms with Gasteiger partial charge in [0.1, 0.15) is 17.2 Å². The van der Waals surface area contributed by atoms with E-state index in [2.05, 4.69) is 21.7 Å². The molecule has 29 heavy (non-hydrogen) atoms. The fourth-order valence-corrected chi connectivity index (χ4v) is 2.90. The lowest BCUT2D eigenvalue weighted by Crippen LogP contribution is -2.23. The second kappa shape index (κ2) is 10.1. The number of carbonyl (C=O) groups excluding carboxylic acids is 1. The van der Waals surface area contributed by atoms with Crippen LogP contribution >= 0.6 is 0 Å². The van der Waals surface area contributed by atoms with E-state index in [4.69, 9.17) is 9.47 Å². The molecule has 0 fully saturated rings. The Bertz CT molecular complexity index is 925. The summed E-state index contributed by atoms with van der Waals surface area (Å²) in [7, 11) is 3.30. The Labute approximate surface area is 170 Å². The summed E-state index contributed by atoms with van der Waals surface area (Å²) in [4.78, 5) is 16.5. The van der Waals surface area contributed by atoms with Gasteiger partial charge in [0.2, 0.25) is 0 Å². The Morgan fingerprint density at radius 3 is 2.45 bits per heavy atom. The van der Waals surface area contributed by atoms with E-state index in [9.17, 15) is 4.79 Å². The highest BCUT2D eigenvalue weighted by atomic mass is 16.5. The summed E-state index contributed by atoms with van der Waals surface area (Å²) in [6, 6.07) is 19.1. The van der Waals surface area contributed by atoms with Gasteiger partial charge in [0.25, 0.3) is 5.91 Å². The predicted molar refractivity (Wildman–Crippen MR) is 114 cm³/mol. The molecule has 0 aliphatic carbocycles. The monoisotopic (exact) mass is 391 g/mol. The number of rotatable bonds is 9. The number of benzene rings is 2. The molecule has 0 spiro atoms. The van der Waals surface area contributed by atoms with Gasteiger partial charge in [0, 0.05) is 13.1 Å². The number of methoxy groups -OCH3 is 2. The van der Waals surface area contributed by atoms with Crippen LogP contribution in [0, 0.1) is 0 Å². The molecule has 0 aliphatic heterocycles. The van der Waals surface area contributed by atoms with E-state index in [0.29, 0.717) is 12.2 Å². The van der Waals surface area contributed by atoms with Crippen molar-refractivity contribution >= 4 is 11.6 Å². The molecule has 0 saturated heterocycles. The Morgan fingerprint density at radius 2 is 1.76 bits per heavy atom. The quantitative estimate of drug-likeness (QED) is 0.582. The van der Waals surface area contributed by atoms with Crippen LogP contribution < -0.4 is 20.1 Å². The van der Waals surface area contributed by atoms with Crippen molar-refractivity contribution in [3.05, 3.63) is 83.7 Å². The van der Waals surface area contributed by atoms with Crippen LogP contribution in [0.2, 0.25) is 0 Å². The van der Waals surface area contributed by atoms with E-state index in [1.165, 1.54) is 0 Å². The number of aromatic nitrogens is 1. The van der Waals surface area contributed by atoms with Gasteiger partial charge in [0.05, 0.1) is 26.1 Å². The zero-order chi connectivity index (χ0) is 20.5. The molecule has 0 atom stereocenters. The SMILES string of the molecule is COc1ccc(CNC(=O)c2ccc(NCCc3ccccc3OC)cn2)cc1. The van der Waals surface area contributed by atoms with Gasteiger partial charge in [-0.05, 0) is 47.9 Å². The molecule has 150 valence electrons. The van der Waals surface area contributed by atoms with Crippen molar-refractivity contribution in [3.63, 3.8) is 0 Å². The lowest BCUT2D eigenvalue weighted by atomic mass is 10.1. The highest BCUT2D eigenvalue weighted by molar-refractivity contribution is 5.92. The Morgan fingerprint density at radius 1 is 0.966 bits per heavy atom. The second-order valence-corrected chi connectivity index (χ2v) is 6.45. The average molecular weight is 391 g/mol. The molecule has 2 N–H and O–H groups in total. The molecule has 3 aromatic rings. The molecule has 2 aromatic carbocycles. The maximum absolute atomic E-state index is 12.3. The molecule has 6 nitrogen and oxygen atoms in total. The van der Waals surface area contributed by atoms with Crippen molar-refractivity contribution in [2.75, 3.05) is 26.1 Å². The molecule has 6 heteroatoms. The number of anilines is 1. The summed E-state index contributed by atoms with van der Waals surface area (Å²) in [5.74, 6) is 1.47. The van der Waals surface area contributed by atoms with Gasteiger partial charge in [-0.15, -0.1) is 0 Å². The van der Waals surface area contributed by atoms with E-state index in [-0.39, 0.29) is 5.91 Å². The molecule has 0 bridgehead atoms. The van der Waals surface area contributed by atoms with Crippen molar-refractivity contribution in [2.24, 2.45) is 0 Å². The van der Waals surface area contributed by atoms with Gasteiger partial charge in [-0.3, -0.25) is 4.79 Å². The van der Waals surface area contributed by atoms with Crippen LogP contribution in [0.4, 0.5) is 5.69 Å². The lowest BCUT2D eigenvalue weighted by Gasteiger charge is -2.10. The summed E-state index contributed by atoms with van der Waals surface area (Å²) in [6.07, 6.45) is 2.50. The first-order valence-electron chi connectivity index (χ1n) is 9.42. The standard InChI is InChI=1S/C23H25N3O3/c1-28-20-10-7-17(8-11-20)15-26-23(27)21-12-9-19(16-25-21)24-14-13-18-5-3-4-6-22(18)29-2/h3-12,16,24H,13-15H2,1-2H3,(H,26,27). The van der Waals surface area contributed by atoms with Gasteiger partial charge in [-0.25, -0.2) is 4.98 Å². The minimum absolute atomic E-state index is 0.207. The largest absolute Gasteiger partial charge is 0.497 e. The van der Waals surface area contributed by atoms with Crippen molar-refractivity contribution < 1.29 is 14.3 Å². The van der Waals surface area contributed by atoms with Crippen LogP contribution in [-0.4, -0.2) is 31.7 Å². The van der Waals surface area contributed by atoms with Gasteiger partial charge in [-0.2, -0.15) is 0 Å². The van der Waals surface area contributed by atoms with Gasteiger partial charge in [-0.1, -0.05) is 30.3 Å². The van der Waals surface area contributed by atoms with Crippen molar-refractivity contribution in [2.45, 2.75) is 13.0 Å². The summed E-state index contributed by atoms with van der Waals surface area (Å²) in [5, 5.41) is 6.19. The number of amides is 1. The van der Waals surface area contributed by atoms with Crippen LogP contribution in [0.5, 0.6) is 11.5 Å². The third-order valence-electron chi connectivity index (χ3n) is 4.52. The maximum Gasteiger partial charge on any atom is 0.270 e. The molecular weight excluding hydrogens is 366 g/mol. The zero-order valence-electron chi connectivity index (χ0n) is 16.6. The van der Waals surface area contributed by atoms with Gasteiger partial charge < -0.3 is 20.1 Å². The van der Waals surface area contributed by atoms with Gasteiger partial charge in [0.15, 0.2) is 0 Å². The van der Waals surface area contributed by atoms with Crippen LogP contribution in [-0.2, 0) is 13.0 Å². The number of ether oxygens (including phenoxy) is 2. The fourth-order valence-electron chi connectivity index (χ4n) is 2.90. The minimum atomic E-state index is -0.207. The molecular formula is C23H25N3O3. The van der Waals surface area contributed by atoms with Gasteiger partial charge >= 0.3 is 0 Å². The first-order valence-corrected chi connectivity index (χ1v) is 9.42. The molecule has 1 heterocycles. The highest BCUT2D eigenvalue weighted by Crippen LogP contribution is 2.18. The topological polar surface area (TPSA) is 72.5 Å². The van der Waals surface area contributed by atoms with Crippen LogP contribution in [0.1, 0.15) is 21.6 Å². The molecule has 0 unspecified atom stereocenters. The number of hydrogen-bond donors (Lipinski definition) is 2. The zero-order valence-corrected chi connectivity index (χ0v) is 16.6. The number of pyridine rings is 1. The third kappa shape index (κ3) is 5.72. The van der Waals surface area contributed by atoms with E-state index >= 15 is 0 Å². The third-order valence-corrected chi connectivity index (χ3v) is 4.52. The fraction of sp³-hybridized carbons (Fsp3) is 0.217. The van der Waals surface area contributed by atoms with Crippen molar-refractivity contribution in [1.29, 1.82) is 0 Å². The van der Waals surface area contributed by atoms with E-state index in [1.54, 1.807) is 26.5 Å². The minimum Gasteiger partial charge on any atom is -0.497 e. The van der Waals surface area contributed by atoms with Crippen LogP contribution in [0.15, 0.2) is 66.9 Å². The summed E-state index contributed by atoms with van der Waals surface area (Å²) >= 11 is 0. The molecule has 0 aliphatic rings. The summed E-state index contributed by atoms with van der Waals surface area (Å²) in [5.41, 5.74) is 3.39. The Hall–Kier alpha value is -3.54. The van der Waals surface area contributed by atoms with E-state index < -0.39 is 0 Å². The summed E-state index contributed by atoms with van der Waals surface area (Å²) in [6.45, 7) is 1.18. The Kier molecular flexibility index (Phi) is 7.05. The first kappa shape index (κ1) is 20.2. The second-order valence-electron chi connectivity index (χ2n) is 6.45. The smallest absolute Gasteiger partial charge is 0.270 e. The summed E-state index contributed by atoms with van der Waals surface area (Å²) < 4.78 is 10.5. The average Bonchev–Trinajstić information content (AvgIpc) is 2.78. The molecule has 0 saturated carbocycles. The number of nitrogens with zero attached hydrogens (tertiary/aromatic N) is 1. The Balaban J connectivity index is 1.48. The highest BCUT2D eigenvalue weighted by Gasteiger charge is 2.07. The molecule has 0 radical (unpaired) electrons. The normalized spacial score (nSPS) is 10.3. The molecule has 1 aromatic heterocycles. The lowest BCUT2D eigenvalue weighted by molar-refractivity contribution is 0.0946. The molecule has 3 rings (SSSR count).